The van der Waals surface area contributed by atoms with E-state index in [1.165, 1.54) is 0 Å². The third-order valence-corrected chi connectivity index (χ3v) is 3.24. The van der Waals surface area contributed by atoms with Crippen LogP contribution in [0.4, 0.5) is 0 Å². The highest BCUT2D eigenvalue weighted by Gasteiger charge is 2.44. The molecule has 2 atom stereocenters. The Morgan fingerprint density at radius 1 is 1.40 bits per heavy atom. The third kappa shape index (κ3) is 2.31. The van der Waals surface area contributed by atoms with Gasteiger partial charge >= 0.3 is 0 Å². The molecule has 0 amide bonds. The predicted octanol–water partition coefficient (Wildman–Crippen LogP) is 1.46. The van der Waals surface area contributed by atoms with Crippen molar-refractivity contribution in [3.8, 4) is 6.07 Å². The van der Waals surface area contributed by atoms with Crippen molar-refractivity contribution >= 4 is 0 Å². The number of nitrogens with zero attached hydrogens (tertiary/aromatic N) is 1. The molecular weight excluding hydrogens is 194 g/mol. The van der Waals surface area contributed by atoms with E-state index in [0.29, 0.717) is 18.9 Å². The van der Waals surface area contributed by atoms with Crippen molar-refractivity contribution in [2.24, 2.45) is 5.92 Å². The summed E-state index contributed by atoms with van der Waals surface area (Å²) in [6, 6.07) is 2.12. The topological polar surface area (TPSA) is 51.5 Å². The fourth-order valence-corrected chi connectivity index (χ4v) is 2.30. The van der Waals surface area contributed by atoms with Crippen molar-refractivity contribution in [2.75, 3.05) is 19.8 Å². The van der Waals surface area contributed by atoms with Gasteiger partial charge in [0, 0.05) is 19.1 Å². The Bertz CT molecular complexity index is 257. The lowest BCUT2D eigenvalue weighted by Gasteiger charge is -2.35. The van der Waals surface area contributed by atoms with Crippen LogP contribution in [-0.4, -0.2) is 31.7 Å². The van der Waals surface area contributed by atoms with Gasteiger partial charge in [0.15, 0.2) is 5.79 Å². The lowest BCUT2D eigenvalue weighted by atomic mass is 9.92. The molecule has 4 heteroatoms. The van der Waals surface area contributed by atoms with Gasteiger partial charge < -0.3 is 14.2 Å². The van der Waals surface area contributed by atoms with Crippen molar-refractivity contribution in [1.82, 2.24) is 0 Å². The minimum Gasteiger partial charge on any atom is -0.381 e. The first-order valence-corrected chi connectivity index (χ1v) is 5.51. The second-order valence-electron chi connectivity index (χ2n) is 4.32. The Hall–Kier alpha value is -0.630. The van der Waals surface area contributed by atoms with Crippen LogP contribution in [0.3, 0.4) is 0 Å². The molecule has 4 nitrogen and oxygen atoms in total. The van der Waals surface area contributed by atoms with Gasteiger partial charge in [0.2, 0.25) is 0 Å². The zero-order valence-electron chi connectivity index (χ0n) is 9.07. The number of hydrogen-bond donors (Lipinski definition) is 0. The average Bonchev–Trinajstić information content (AvgIpc) is 2.64. The molecule has 2 rings (SSSR count). The maximum Gasteiger partial charge on any atom is 0.169 e. The summed E-state index contributed by atoms with van der Waals surface area (Å²) in [5, 5.41) is 8.60. The van der Waals surface area contributed by atoms with E-state index in [1.807, 2.05) is 6.92 Å². The van der Waals surface area contributed by atoms with Crippen molar-refractivity contribution in [3.05, 3.63) is 0 Å². The summed E-state index contributed by atoms with van der Waals surface area (Å²) in [6.07, 6.45) is 2.33. The molecule has 0 aromatic carbocycles. The molecule has 15 heavy (non-hydrogen) atoms. The summed E-state index contributed by atoms with van der Waals surface area (Å²) in [6.45, 7) is 4.10. The number of rotatable bonds is 2. The second kappa shape index (κ2) is 4.48. The molecule has 0 bridgehead atoms. The molecule has 0 aromatic rings. The summed E-state index contributed by atoms with van der Waals surface area (Å²) in [5.74, 6) is -0.0967. The summed E-state index contributed by atoms with van der Waals surface area (Å²) >= 11 is 0. The molecule has 2 saturated heterocycles. The van der Waals surface area contributed by atoms with Gasteiger partial charge in [-0.3, -0.25) is 0 Å². The van der Waals surface area contributed by atoms with Crippen LogP contribution in [-0.2, 0) is 14.2 Å². The third-order valence-electron chi connectivity index (χ3n) is 3.24. The van der Waals surface area contributed by atoms with E-state index in [2.05, 4.69) is 6.07 Å². The van der Waals surface area contributed by atoms with Crippen molar-refractivity contribution in [3.63, 3.8) is 0 Å². The average molecular weight is 211 g/mol. The Morgan fingerprint density at radius 2 is 2.13 bits per heavy atom. The molecule has 0 saturated carbocycles. The lowest BCUT2D eigenvalue weighted by molar-refractivity contribution is -0.205. The van der Waals surface area contributed by atoms with E-state index >= 15 is 0 Å². The fraction of sp³-hybridized carbons (Fsp3) is 0.909. The van der Waals surface area contributed by atoms with Crippen LogP contribution in [0, 0.1) is 17.2 Å². The predicted molar refractivity (Wildman–Crippen MR) is 53.0 cm³/mol. The standard InChI is InChI=1S/C11H17NO3/c1-11(9-3-6-13-7-4-9)14-8-10(15-11)2-5-12/h9-10H,2-4,6-8H2,1H3. The normalized spacial score (nSPS) is 37.7. The maximum absolute atomic E-state index is 8.60. The molecule has 0 radical (unpaired) electrons. The van der Waals surface area contributed by atoms with Crippen LogP contribution >= 0.6 is 0 Å². The molecule has 0 aliphatic carbocycles. The molecule has 0 spiro atoms. The van der Waals surface area contributed by atoms with Gasteiger partial charge in [-0.05, 0) is 19.8 Å². The second-order valence-corrected chi connectivity index (χ2v) is 4.32. The summed E-state index contributed by atoms with van der Waals surface area (Å²) < 4.78 is 16.9. The maximum atomic E-state index is 8.60. The van der Waals surface area contributed by atoms with Crippen molar-refractivity contribution in [2.45, 2.75) is 38.1 Å². The fourth-order valence-electron chi connectivity index (χ4n) is 2.30. The van der Waals surface area contributed by atoms with Crippen molar-refractivity contribution in [1.29, 1.82) is 5.26 Å². The van der Waals surface area contributed by atoms with Gasteiger partial charge in [-0.1, -0.05) is 0 Å². The van der Waals surface area contributed by atoms with Crippen LogP contribution in [0.5, 0.6) is 0 Å². The Kier molecular flexibility index (Phi) is 3.25. The van der Waals surface area contributed by atoms with Gasteiger partial charge in [-0.2, -0.15) is 5.26 Å². The lowest BCUT2D eigenvalue weighted by Crippen LogP contribution is -2.39. The van der Waals surface area contributed by atoms with Crippen LogP contribution in [0.1, 0.15) is 26.2 Å². The Labute approximate surface area is 90.1 Å². The van der Waals surface area contributed by atoms with E-state index in [-0.39, 0.29) is 6.10 Å². The van der Waals surface area contributed by atoms with E-state index in [9.17, 15) is 0 Å². The number of nitriles is 1. The molecule has 2 aliphatic heterocycles. The van der Waals surface area contributed by atoms with E-state index in [1.54, 1.807) is 0 Å². The first-order valence-electron chi connectivity index (χ1n) is 5.51. The van der Waals surface area contributed by atoms with Crippen LogP contribution < -0.4 is 0 Å². The van der Waals surface area contributed by atoms with Crippen LogP contribution in [0.25, 0.3) is 0 Å². The van der Waals surface area contributed by atoms with Gasteiger partial charge in [-0.25, -0.2) is 0 Å². The minimum absolute atomic E-state index is 0.0529. The molecule has 2 fully saturated rings. The van der Waals surface area contributed by atoms with Gasteiger partial charge in [0.25, 0.3) is 0 Å². The van der Waals surface area contributed by atoms with Crippen LogP contribution in [0.2, 0.25) is 0 Å². The zero-order chi connectivity index (χ0) is 10.7. The summed E-state index contributed by atoms with van der Waals surface area (Å²) in [4.78, 5) is 0. The first kappa shape index (κ1) is 10.9. The largest absolute Gasteiger partial charge is 0.381 e. The van der Waals surface area contributed by atoms with Crippen LogP contribution in [0.15, 0.2) is 0 Å². The molecule has 2 aliphatic rings. The van der Waals surface area contributed by atoms with E-state index < -0.39 is 5.79 Å². The quantitative estimate of drug-likeness (QED) is 0.693. The Balaban J connectivity index is 1.93. The highest BCUT2D eigenvalue weighted by molar-refractivity contribution is 4.87. The van der Waals surface area contributed by atoms with E-state index in [0.717, 1.165) is 26.1 Å². The molecule has 2 heterocycles. The highest BCUT2D eigenvalue weighted by atomic mass is 16.7. The number of hydrogen-bond acceptors (Lipinski definition) is 4. The van der Waals surface area contributed by atoms with Gasteiger partial charge in [0.1, 0.15) is 0 Å². The molecule has 84 valence electrons. The minimum atomic E-state index is -0.495. The number of ether oxygens (including phenoxy) is 3. The molecule has 2 unspecified atom stereocenters. The zero-order valence-corrected chi connectivity index (χ0v) is 9.07. The van der Waals surface area contributed by atoms with Crippen molar-refractivity contribution < 1.29 is 14.2 Å². The smallest absolute Gasteiger partial charge is 0.169 e. The van der Waals surface area contributed by atoms with E-state index in [4.69, 9.17) is 19.5 Å². The SMILES string of the molecule is CC1(C2CCOCC2)OCC(CC#N)O1. The highest BCUT2D eigenvalue weighted by Crippen LogP contribution is 2.37. The summed E-state index contributed by atoms with van der Waals surface area (Å²) in [7, 11) is 0. The van der Waals surface area contributed by atoms with Gasteiger partial charge in [-0.15, -0.1) is 0 Å². The molecule has 0 aromatic heterocycles. The summed E-state index contributed by atoms with van der Waals surface area (Å²) in [5.41, 5.74) is 0. The molecular formula is C11H17NO3. The molecule has 0 N–H and O–H groups in total. The monoisotopic (exact) mass is 211 g/mol. The first-order chi connectivity index (χ1) is 7.24. The Morgan fingerprint density at radius 3 is 2.80 bits per heavy atom. The van der Waals surface area contributed by atoms with Gasteiger partial charge in [0.05, 0.1) is 25.2 Å².